The predicted molar refractivity (Wildman–Crippen MR) is 68.5 cm³/mol. The summed E-state index contributed by atoms with van der Waals surface area (Å²) in [6, 6.07) is 3.79. The third-order valence-corrected chi connectivity index (χ3v) is 3.45. The molecule has 0 heterocycles. The van der Waals surface area contributed by atoms with Crippen molar-refractivity contribution in [1.29, 1.82) is 0 Å². The van der Waals surface area contributed by atoms with Crippen LogP contribution in [-0.4, -0.2) is 11.0 Å². The number of non-ortho nitro benzene ring substituents is 1. The summed E-state index contributed by atoms with van der Waals surface area (Å²) in [5, 5.41) is 13.7. The molecule has 0 saturated heterocycles. The number of halogens is 2. The van der Waals surface area contributed by atoms with Gasteiger partial charge in [-0.3, -0.25) is 10.1 Å². The monoisotopic (exact) mass is 270 g/mol. The van der Waals surface area contributed by atoms with Crippen molar-refractivity contribution < 1.29 is 13.7 Å². The fourth-order valence-corrected chi connectivity index (χ4v) is 2.44. The van der Waals surface area contributed by atoms with E-state index in [-0.39, 0.29) is 17.3 Å². The highest BCUT2D eigenvalue weighted by Crippen LogP contribution is 2.32. The standard InChI is InChI=1S/C13H16F2N2O2/c14-13(15)11-8-10(17(18)19)6-7-12(11)16-9-4-2-1-3-5-9/h6-9,13,16H,1-5H2. The SMILES string of the molecule is O=[N+]([O-])c1ccc(NC2CCCCC2)c(C(F)F)c1. The number of nitrogens with zero attached hydrogens (tertiary/aromatic N) is 1. The summed E-state index contributed by atoms with van der Waals surface area (Å²) in [6.45, 7) is 0. The topological polar surface area (TPSA) is 55.2 Å². The van der Waals surface area contributed by atoms with E-state index in [1.165, 1.54) is 18.6 Å². The van der Waals surface area contributed by atoms with Crippen molar-refractivity contribution in [2.45, 2.75) is 44.6 Å². The molecule has 6 heteroatoms. The van der Waals surface area contributed by atoms with Gasteiger partial charge in [0, 0.05) is 29.4 Å². The van der Waals surface area contributed by atoms with Gasteiger partial charge >= 0.3 is 0 Å². The number of nitrogens with one attached hydrogen (secondary N) is 1. The molecule has 2 rings (SSSR count). The highest BCUT2D eigenvalue weighted by molar-refractivity contribution is 5.57. The average Bonchev–Trinajstić information content (AvgIpc) is 2.39. The first-order valence-electron chi connectivity index (χ1n) is 6.41. The maximum atomic E-state index is 13.0. The van der Waals surface area contributed by atoms with E-state index < -0.39 is 11.3 Å². The molecule has 0 aliphatic heterocycles. The number of alkyl halides is 2. The molecule has 1 N–H and O–H groups in total. The summed E-state index contributed by atoms with van der Waals surface area (Å²) in [4.78, 5) is 9.96. The van der Waals surface area contributed by atoms with Crippen LogP contribution in [0.5, 0.6) is 0 Å². The van der Waals surface area contributed by atoms with Crippen LogP contribution >= 0.6 is 0 Å². The minimum absolute atomic E-state index is 0.188. The molecule has 0 spiro atoms. The van der Waals surface area contributed by atoms with Crippen molar-refractivity contribution in [1.82, 2.24) is 0 Å². The van der Waals surface area contributed by atoms with Crippen molar-refractivity contribution in [3.63, 3.8) is 0 Å². The molecular formula is C13H16F2N2O2. The Kier molecular flexibility index (Phi) is 4.29. The van der Waals surface area contributed by atoms with Crippen LogP contribution in [0.15, 0.2) is 18.2 Å². The normalized spacial score (nSPS) is 16.6. The molecule has 0 radical (unpaired) electrons. The number of nitro groups is 1. The molecule has 19 heavy (non-hydrogen) atoms. The molecule has 1 aromatic carbocycles. The van der Waals surface area contributed by atoms with Crippen molar-refractivity contribution in [2.75, 3.05) is 5.32 Å². The fourth-order valence-electron chi connectivity index (χ4n) is 2.44. The number of anilines is 1. The van der Waals surface area contributed by atoms with Gasteiger partial charge in [0.05, 0.1) is 4.92 Å². The zero-order chi connectivity index (χ0) is 13.8. The summed E-state index contributed by atoms with van der Waals surface area (Å²) in [6.07, 6.45) is 2.56. The van der Waals surface area contributed by atoms with Gasteiger partial charge in [-0.15, -0.1) is 0 Å². The molecule has 1 aromatic rings. The lowest BCUT2D eigenvalue weighted by molar-refractivity contribution is -0.385. The van der Waals surface area contributed by atoms with E-state index >= 15 is 0 Å². The van der Waals surface area contributed by atoms with Crippen LogP contribution in [0.25, 0.3) is 0 Å². The Hall–Kier alpha value is -1.72. The lowest BCUT2D eigenvalue weighted by atomic mass is 9.95. The molecule has 1 fully saturated rings. The summed E-state index contributed by atoms with van der Waals surface area (Å²) in [5.41, 5.74) is -0.281. The smallest absolute Gasteiger partial charge is 0.270 e. The molecule has 0 bridgehead atoms. The van der Waals surface area contributed by atoms with Gasteiger partial charge in [-0.1, -0.05) is 19.3 Å². The van der Waals surface area contributed by atoms with Crippen LogP contribution in [0.2, 0.25) is 0 Å². The molecule has 104 valence electrons. The summed E-state index contributed by atoms with van der Waals surface area (Å²) < 4.78 is 25.9. The van der Waals surface area contributed by atoms with Gasteiger partial charge in [0.1, 0.15) is 0 Å². The maximum absolute atomic E-state index is 13.0. The maximum Gasteiger partial charge on any atom is 0.270 e. The van der Waals surface area contributed by atoms with E-state index in [1.54, 1.807) is 0 Å². The van der Waals surface area contributed by atoms with E-state index in [9.17, 15) is 18.9 Å². The van der Waals surface area contributed by atoms with E-state index in [0.29, 0.717) is 5.69 Å². The molecule has 1 aliphatic carbocycles. The quantitative estimate of drug-likeness (QED) is 0.656. The number of rotatable bonds is 4. The average molecular weight is 270 g/mol. The number of benzene rings is 1. The van der Waals surface area contributed by atoms with Gasteiger partial charge < -0.3 is 5.32 Å². The Labute approximate surface area is 110 Å². The second-order valence-corrected chi connectivity index (χ2v) is 4.81. The van der Waals surface area contributed by atoms with Crippen LogP contribution in [0.4, 0.5) is 20.2 Å². The zero-order valence-electron chi connectivity index (χ0n) is 10.4. The first-order valence-corrected chi connectivity index (χ1v) is 6.41. The highest BCUT2D eigenvalue weighted by Gasteiger charge is 2.20. The minimum atomic E-state index is -2.72. The Morgan fingerprint density at radius 3 is 2.53 bits per heavy atom. The van der Waals surface area contributed by atoms with Crippen molar-refractivity contribution in [2.24, 2.45) is 0 Å². The third-order valence-electron chi connectivity index (χ3n) is 3.45. The van der Waals surface area contributed by atoms with Crippen LogP contribution in [-0.2, 0) is 0 Å². The Morgan fingerprint density at radius 2 is 1.95 bits per heavy atom. The molecule has 0 unspecified atom stereocenters. The summed E-state index contributed by atoms with van der Waals surface area (Å²) in [5.74, 6) is 0. The van der Waals surface area contributed by atoms with Crippen molar-refractivity contribution in [3.8, 4) is 0 Å². The van der Waals surface area contributed by atoms with Crippen molar-refractivity contribution >= 4 is 11.4 Å². The molecular weight excluding hydrogens is 254 g/mol. The lowest BCUT2D eigenvalue weighted by Crippen LogP contribution is -2.23. The Bertz CT molecular complexity index is 460. The van der Waals surface area contributed by atoms with Crippen LogP contribution in [0.1, 0.15) is 44.1 Å². The fraction of sp³-hybridized carbons (Fsp3) is 0.538. The minimum Gasteiger partial charge on any atom is -0.382 e. The second kappa shape index (κ2) is 5.95. The van der Waals surface area contributed by atoms with Crippen LogP contribution in [0.3, 0.4) is 0 Å². The van der Waals surface area contributed by atoms with Gasteiger partial charge in [0.15, 0.2) is 0 Å². The van der Waals surface area contributed by atoms with Crippen LogP contribution in [0, 0.1) is 10.1 Å². The van der Waals surface area contributed by atoms with Gasteiger partial charge in [-0.2, -0.15) is 0 Å². The van der Waals surface area contributed by atoms with E-state index in [1.807, 2.05) is 0 Å². The van der Waals surface area contributed by atoms with E-state index in [0.717, 1.165) is 31.7 Å². The van der Waals surface area contributed by atoms with Gasteiger partial charge in [0.2, 0.25) is 0 Å². The van der Waals surface area contributed by atoms with Crippen molar-refractivity contribution in [3.05, 3.63) is 33.9 Å². The Morgan fingerprint density at radius 1 is 1.26 bits per heavy atom. The predicted octanol–water partition coefficient (Wildman–Crippen LogP) is 4.28. The first kappa shape index (κ1) is 13.7. The molecule has 0 amide bonds. The van der Waals surface area contributed by atoms with Crippen LogP contribution < -0.4 is 5.32 Å². The number of hydrogen-bond donors (Lipinski definition) is 1. The first-order chi connectivity index (χ1) is 9.08. The van der Waals surface area contributed by atoms with Gasteiger partial charge in [-0.25, -0.2) is 8.78 Å². The second-order valence-electron chi connectivity index (χ2n) is 4.81. The highest BCUT2D eigenvalue weighted by atomic mass is 19.3. The van der Waals surface area contributed by atoms with Gasteiger partial charge in [0.25, 0.3) is 12.1 Å². The van der Waals surface area contributed by atoms with E-state index in [4.69, 9.17) is 0 Å². The Balaban J connectivity index is 2.20. The molecule has 1 aliphatic rings. The summed E-state index contributed by atoms with van der Waals surface area (Å²) in [7, 11) is 0. The third kappa shape index (κ3) is 3.39. The molecule has 0 aromatic heterocycles. The van der Waals surface area contributed by atoms with Gasteiger partial charge in [-0.05, 0) is 18.9 Å². The molecule has 4 nitrogen and oxygen atoms in total. The zero-order valence-corrected chi connectivity index (χ0v) is 10.4. The number of nitro benzene ring substituents is 1. The lowest BCUT2D eigenvalue weighted by Gasteiger charge is -2.25. The molecule has 0 atom stereocenters. The summed E-state index contributed by atoms with van der Waals surface area (Å²) >= 11 is 0. The van der Waals surface area contributed by atoms with E-state index in [2.05, 4.69) is 5.32 Å². The molecule has 1 saturated carbocycles. The number of hydrogen-bond acceptors (Lipinski definition) is 3. The largest absolute Gasteiger partial charge is 0.382 e.